The predicted molar refractivity (Wildman–Crippen MR) is 75.2 cm³/mol. The van der Waals surface area contributed by atoms with Gasteiger partial charge in [0.15, 0.2) is 0 Å². The van der Waals surface area contributed by atoms with E-state index in [1.165, 1.54) is 12.1 Å². The first kappa shape index (κ1) is 13.9. The molecule has 0 aromatic heterocycles. The van der Waals surface area contributed by atoms with Crippen LogP contribution in [0, 0.1) is 0 Å². The predicted octanol–water partition coefficient (Wildman–Crippen LogP) is 1.66. The Morgan fingerprint density at radius 1 is 1.37 bits per heavy atom. The SMILES string of the molecule is CCSCc1ccc(N2C=C(O)NS2(=O)=O)c(O)c1. The number of aliphatic hydroxyl groups excluding tert-OH is 1. The summed E-state index contributed by atoms with van der Waals surface area (Å²) in [6.07, 6.45) is 1.00. The number of nitrogens with zero attached hydrogens (tertiary/aromatic N) is 1. The molecule has 1 heterocycles. The van der Waals surface area contributed by atoms with Crippen LogP contribution in [0.1, 0.15) is 12.5 Å². The number of anilines is 1. The molecule has 8 heteroatoms. The maximum absolute atomic E-state index is 11.7. The van der Waals surface area contributed by atoms with Crippen LogP contribution in [-0.2, 0) is 16.0 Å². The van der Waals surface area contributed by atoms with Gasteiger partial charge in [-0.1, -0.05) is 13.0 Å². The summed E-state index contributed by atoms with van der Waals surface area (Å²) in [5.41, 5.74) is 1.01. The maximum atomic E-state index is 11.7. The Morgan fingerprint density at radius 2 is 2.11 bits per heavy atom. The molecule has 3 N–H and O–H groups in total. The highest BCUT2D eigenvalue weighted by atomic mass is 32.2. The lowest BCUT2D eigenvalue weighted by Crippen LogP contribution is -2.29. The molecule has 1 aliphatic rings. The smallest absolute Gasteiger partial charge is 0.330 e. The number of aromatic hydroxyl groups is 1. The average Bonchev–Trinajstić information content (AvgIpc) is 2.60. The molecule has 104 valence electrons. The fourth-order valence-electron chi connectivity index (χ4n) is 1.65. The van der Waals surface area contributed by atoms with Gasteiger partial charge in [0.2, 0.25) is 5.88 Å². The van der Waals surface area contributed by atoms with Gasteiger partial charge in [-0.2, -0.15) is 20.2 Å². The van der Waals surface area contributed by atoms with Gasteiger partial charge in [0.1, 0.15) is 11.4 Å². The van der Waals surface area contributed by atoms with Crippen molar-refractivity contribution in [2.24, 2.45) is 0 Å². The Balaban J connectivity index is 2.31. The number of thioether (sulfide) groups is 1. The van der Waals surface area contributed by atoms with E-state index in [0.717, 1.165) is 27.6 Å². The molecule has 0 atom stereocenters. The fraction of sp³-hybridized carbons (Fsp3) is 0.273. The quantitative estimate of drug-likeness (QED) is 0.787. The molecule has 0 unspecified atom stereocenters. The number of phenols is 1. The first-order valence-electron chi connectivity index (χ1n) is 5.56. The third kappa shape index (κ3) is 2.90. The van der Waals surface area contributed by atoms with E-state index in [-0.39, 0.29) is 11.4 Å². The number of benzene rings is 1. The van der Waals surface area contributed by atoms with Crippen molar-refractivity contribution in [2.45, 2.75) is 12.7 Å². The van der Waals surface area contributed by atoms with Crippen LogP contribution in [0.3, 0.4) is 0 Å². The van der Waals surface area contributed by atoms with E-state index in [1.54, 1.807) is 17.8 Å². The van der Waals surface area contributed by atoms with Crippen molar-refractivity contribution in [2.75, 3.05) is 10.1 Å². The molecule has 0 fully saturated rings. The van der Waals surface area contributed by atoms with E-state index in [1.807, 2.05) is 11.6 Å². The van der Waals surface area contributed by atoms with E-state index in [0.29, 0.717) is 0 Å². The highest BCUT2D eigenvalue weighted by molar-refractivity contribution is 7.98. The van der Waals surface area contributed by atoms with Crippen molar-refractivity contribution in [3.63, 3.8) is 0 Å². The molecule has 0 aliphatic carbocycles. The minimum atomic E-state index is -3.87. The normalized spacial score (nSPS) is 17.1. The van der Waals surface area contributed by atoms with Crippen LogP contribution in [-0.4, -0.2) is 24.4 Å². The number of aliphatic hydroxyl groups is 1. The molecule has 1 aromatic rings. The lowest BCUT2D eigenvalue weighted by molar-refractivity contribution is 0.392. The molecule has 1 aromatic carbocycles. The topological polar surface area (TPSA) is 89.9 Å². The highest BCUT2D eigenvalue weighted by Gasteiger charge is 2.30. The second-order valence-electron chi connectivity index (χ2n) is 3.88. The third-order valence-electron chi connectivity index (χ3n) is 2.48. The van der Waals surface area contributed by atoms with Crippen LogP contribution >= 0.6 is 11.8 Å². The zero-order valence-corrected chi connectivity index (χ0v) is 11.8. The molecule has 0 bridgehead atoms. The summed E-state index contributed by atoms with van der Waals surface area (Å²) in [6, 6.07) is 4.78. The van der Waals surface area contributed by atoms with E-state index in [2.05, 4.69) is 0 Å². The molecule has 2 rings (SSSR count). The Morgan fingerprint density at radius 3 is 2.63 bits per heavy atom. The maximum Gasteiger partial charge on any atom is 0.330 e. The number of hydrogen-bond acceptors (Lipinski definition) is 5. The number of phenolic OH excluding ortho intramolecular Hbond substituents is 1. The van der Waals surface area contributed by atoms with Crippen molar-refractivity contribution in [3.8, 4) is 5.75 Å². The van der Waals surface area contributed by atoms with Crippen LogP contribution in [0.25, 0.3) is 0 Å². The molecular weight excluding hydrogens is 288 g/mol. The fourth-order valence-corrected chi connectivity index (χ4v) is 3.34. The Labute approximate surface area is 115 Å². The monoisotopic (exact) mass is 302 g/mol. The van der Waals surface area contributed by atoms with E-state index >= 15 is 0 Å². The molecule has 6 nitrogen and oxygen atoms in total. The van der Waals surface area contributed by atoms with Gasteiger partial charge in [-0.3, -0.25) is 0 Å². The van der Waals surface area contributed by atoms with E-state index in [9.17, 15) is 18.6 Å². The van der Waals surface area contributed by atoms with Crippen molar-refractivity contribution >= 4 is 27.7 Å². The summed E-state index contributed by atoms with van der Waals surface area (Å²) in [6.45, 7) is 2.04. The summed E-state index contributed by atoms with van der Waals surface area (Å²) in [5.74, 6) is 1.08. The zero-order valence-electron chi connectivity index (χ0n) is 10.2. The van der Waals surface area contributed by atoms with Gasteiger partial charge in [-0.05, 0) is 23.4 Å². The number of hydrogen-bond donors (Lipinski definition) is 3. The molecule has 0 amide bonds. The zero-order chi connectivity index (χ0) is 14.0. The van der Waals surface area contributed by atoms with E-state index in [4.69, 9.17) is 0 Å². The highest BCUT2D eigenvalue weighted by Crippen LogP contribution is 2.33. The average molecular weight is 302 g/mol. The summed E-state index contributed by atoms with van der Waals surface area (Å²) in [7, 11) is -3.87. The van der Waals surface area contributed by atoms with Gasteiger partial charge >= 0.3 is 10.2 Å². The number of rotatable bonds is 4. The minimum Gasteiger partial charge on any atom is -0.506 e. The largest absolute Gasteiger partial charge is 0.506 e. The van der Waals surface area contributed by atoms with Crippen LogP contribution in [0.2, 0.25) is 0 Å². The van der Waals surface area contributed by atoms with Crippen LogP contribution in [0.4, 0.5) is 5.69 Å². The van der Waals surface area contributed by atoms with Crippen molar-refractivity contribution in [3.05, 3.63) is 35.8 Å². The van der Waals surface area contributed by atoms with Gasteiger partial charge in [-0.15, -0.1) is 0 Å². The molecule has 19 heavy (non-hydrogen) atoms. The molecular formula is C11H14N2O4S2. The second-order valence-corrected chi connectivity index (χ2v) is 6.70. The summed E-state index contributed by atoms with van der Waals surface area (Å²) in [4.78, 5) is 0. The lowest BCUT2D eigenvalue weighted by Gasteiger charge is -2.15. The summed E-state index contributed by atoms with van der Waals surface area (Å²) >= 11 is 1.70. The van der Waals surface area contributed by atoms with Gasteiger partial charge in [0.05, 0.1) is 6.20 Å². The molecule has 0 saturated heterocycles. The summed E-state index contributed by atoms with van der Waals surface area (Å²) in [5, 5.41) is 19.1. The van der Waals surface area contributed by atoms with Crippen molar-refractivity contribution in [1.82, 2.24) is 4.72 Å². The Bertz CT molecular complexity index is 613. The van der Waals surface area contributed by atoms with Crippen molar-refractivity contribution < 1.29 is 18.6 Å². The first-order valence-corrected chi connectivity index (χ1v) is 8.16. The van der Waals surface area contributed by atoms with Crippen LogP contribution < -0.4 is 9.03 Å². The van der Waals surface area contributed by atoms with Crippen LogP contribution in [0.15, 0.2) is 30.3 Å². The van der Waals surface area contributed by atoms with Gasteiger partial charge < -0.3 is 10.2 Å². The Kier molecular flexibility index (Phi) is 3.81. The van der Waals surface area contributed by atoms with Gasteiger partial charge in [-0.25, -0.2) is 9.03 Å². The van der Waals surface area contributed by atoms with Crippen molar-refractivity contribution in [1.29, 1.82) is 0 Å². The van der Waals surface area contributed by atoms with E-state index < -0.39 is 16.1 Å². The molecule has 0 spiro atoms. The standard InChI is InChI=1S/C11H14N2O4S2/c1-2-18-7-8-3-4-9(10(14)5-8)13-6-11(15)12-19(13,16)17/h3-6,12,14-15H,2,7H2,1H3. The lowest BCUT2D eigenvalue weighted by atomic mass is 10.2. The minimum absolute atomic E-state index is 0.0989. The van der Waals surface area contributed by atoms with Gasteiger partial charge in [0.25, 0.3) is 0 Å². The third-order valence-corrected chi connectivity index (χ3v) is 4.71. The summed E-state index contributed by atoms with van der Waals surface area (Å²) < 4.78 is 26.1. The van der Waals surface area contributed by atoms with Crippen LogP contribution in [0.5, 0.6) is 5.75 Å². The first-order chi connectivity index (χ1) is 8.94. The molecule has 1 aliphatic heterocycles. The molecule has 0 radical (unpaired) electrons. The number of nitrogens with one attached hydrogen (secondary N) is 1. The van der Waals surface area contributed by atoms with Gasteiger partial charge in [0, 0.05) is 5.75 Å². The molecule has 0 saturated carbocycles. The second kappa shape index (κ2) is 5.22. The Hall–Kier alpha value is -1.54.